The lowest BCUT2D eigenvalue weighted by molar-refractivity contribution is 0.534. The smallest absolute Gasteiger partial charge is 0.191 e. The first-order chi connectivity index (χ1) is 10.1. The van der Waals surface area contributed by atoms with Crippen molar-refractivity contribution in [2.45, 2.75) is 53.5 Å². The highest BCUT2D eigenvalue weighted by Gasteiger charge is 2.00. The Hall–Kier alpha value is -0.850. The molecule has 126 valence electrons. The summed E-state index contributed by atoms with van der Waals surface area (Å²) >= 11 is 0. The number of guanidine groups is 1. The van der Waals surface area contributed by atoms with Crippen molar-refractivity contribution < 1.29 is 0 Å². The minimum absolute atomic E-state index is 0. The van der Waals surface area contributed by atoms with Gasteiger partial charge in [-0.05, 0) is 37.8 Å². The van der Waals surface area contributed by atoms with Gasteiger partial charge in [-0.3, -0.25) is 4.98 Å². The number of hydrogen-bond donors (Lipinski definition) is 2. The van der Waals surface area contributed by atoms with E-state index in [1.54, 1.807) is 0 Å². The second-order valence-corrected chi connectivity index (χ2v) is 5.78. The van der Waals surface area contributed by atoms with Crippen LogP contribution in [0.3, 0.4) is 0 Å². The Kier molecular flexibility index (Phi) is 12.2. The van der Waals surface area contributed by atoms with Gasteiger partial charge in [-0.1, -0.05) is 32.8 Å². The van der Waals surface area contributed by atoms with E-state index in [2.05, 4.69) is 54.4 Å². The van der Waals surface area contributed by atoms with Gasteiger partial charge in [-0.2, -0.15) is 0 Å². The van der Waals surface area contributed by atoms with Crippen molar-refractivity contribution >= 4 is 29.9 Å². The number of pyridine rings is 1. The summed E-state index contributed by atoms with van der Waals surface area (Å²) in [5.41, 5.74) is 2.23. The number of halogens is 1. The summed E-state index contributed by atoms with van der Waals surface area (Å²) in [5.74, 6) is 1.67. The minimum atomic E-state index is 0. The van der Waals surface area contributed by atoms with Crippen LogP contribution in [0.25, 0.3) is 0 Å². The Morgan fingerprint density at radius 2 is 2.05 bits per heavy atom. The maximum Gasteiger partial charge on any atom is 0.191 e. The summed E-state index contributed by atoms with van der Waals surface area (Å²) in [6.07, 6.45) is 5.57. The van der Waals surface area contributed by atoms with Gasteiger partial charge in [-0.25, -0.2) is 4.99 Å². The second kappa shape index (κ2) is 12.7. The highest BCUT2D eigenvalue weighted by atomic mass is 127. The number of nitrogens with one attached hydrogen (secondary N) is 2. The highest BCUT2D eigenvalue weighted by Crippen LogP contribution is 2.05. The molecule has 0 saturated carbocycles. The van der Waals surface area contributed by atoms with Crippen LogP contribution in [-0.2, 0) is 6.54 Å². The zero-order chi connectivity index (χ0) is 15.5. The summed E-state index contributed by atoms with van der Waals surface area (Å²) in [6, 6.07) is 4.03. The lowest BCUT2D eigenvalue weighted by Crippen LogP contribution is -2.37. The Bertz CT molecular complexity index is 432. The first-order valence-corrected chi connectivity index (χ1v) is 8.06. The van der Waals surface area contributed by atoms with Crippen LogP contribution in [0.4, 0.5) is 0 Å². The molecule has 0 atom stereocenters. The van der Waals surface area contributed by atoms with Crippen molar-refractivity contribution in [2.75, 3.05) is 13.1 Å². The van der Waals surface area contributed by atoms with Crippen LogP contribution >= 0.6 is 24.0 Å². The van der Waals surface area contributed by atoms with E-state index in [0.717, 1.165) is 30.7 Å². The average molecular weight is 418 g/mol. The number of aliphatic imine (C=N–C) groups is 1. The predicted molar refractivity (Wildman–Crippen MR) is 106 cm³/mol. The third kappa shape index (κ3) is 9.23. The Morgan fingerprint density at radius 1 is 1.27 bits per heavy atom. The van der Waals surface area contributed by atoms with E-state index in [0.29, 0.717) is 6.54 Å². The van der Waals surface area contributed by atoms with Gasteiger partial charge < -0.3 is 10.6 Å². The molecule has 0 fully saturated rings. The fourth-order valence-corrected chi connectivity index (χ4v) is 2.06. The molecule has 0 aliphatic carbocycles. The molecule has 0 unspecified atom stereocenters. The van der Waals surface area contributed by atoms with Gasteiger partial charge in [0.25, 0.3) is 0 Å². The third-order valence-electron chi connectivity index (χ3n) is 3.35. The SMILES string of the molecule is CCNC(=NCc1ncccc1C)NCCCCC(C)C.I. The van der Waals surface area contributed by atoms with E-state index in [1.165, 1.54) is 24.8 Å². The largest absolute Gasteiger partial charge is 0.357 e. The van der Waals surface area contributed by atoms with Crippen LogP contribution in [0.2, 0.25) is 0 Å². The molecular formula is C17H31IN4. The number of hydrogen-bond acceptors (Lipinski definition) is 2. The zero-order valence-electron chi connectivity index (χ0n) is 14.4. The Morgan fingerprint density at radius 3 is 2.68 bits per heavy atom. The van der Waals surface area contributed by atoms with Crippen LogP contribution in [0.5, 0.6) is 0 Å². The van der Waals surface area contributed by atoms with E-state index >= 15 is 0 Å². The van der Waals surface area contributed by atoms with Crippen LogP contribution in [0.15, 0.2) is 23.3 Å². The van der Waals surface area contributed by atoms with Gasteiger partial charge in [0.05, 0.1) is 12.2 Å². The molecule has 1 aromatic rings. The second-order valence-electron chi connectivity index (χ2n) is 5.78. The van der Waals surface area contributed by atoms with Crippen LogP contribution in [0, 0.1) is 12.8 Å². The van der Waals surface area contributed by atoms with Crippen molar-refractivity contribution in [3.8, 4) is 0 Å². The lowest BCUT2D eigenvalue weighted by Gasteiger charge is -2.12. The molecule has 22 heavy (non-hydrogen) atoms. The number of unbranched alkanes of at least 4 members (excludes halogenated alkanes) is 1. The van der Waals surface area contributed by atoms with Crippen LogP contribution in [0.1, 0.15) is 51.3 Å². The van der Waals surface area contributed by atoms with Crippen molar-refractivity contribution in [2.24, 2.45) is 10.9 Å². The Labute approximate surface area is 152 Å². The molecule has 2 N–H and O–H groups in total. The van der Waals surface area contributed by atoms with Crippen LogP contribution < -0.4 is 10.6 Å². The quantitative estimate of drug-likeness (QED) is 0.292. The number of rotatable bonds is 8. The van der Waals surface area contributed by atoms with Gasteiger partial charge in [-0.15, -0.1) is 24.0 Å². The maximum absolute atomic E-state index is 4.61. The highest BCUT2D eigenvalue weighted by molar-refractivity contribution is 14.0. The van der Waals surface area contributed by atoms with Gasteiger partial charge in [0.1, 0.15) is 0 Å². The molecule has 5 heteroatoms. The third-order valence-corrected chi connectivity index (χ3v) is 3.35. The molecule has 0 radical (unpaired) electrons. The monoisotopic (exact) mass is 418 g/mol. The van der Waals surface area contributed by atoms with Gasteiger partial charge in [0, 0.05) is 19.3 Å². The maximum atomic E-state index is 4.61. The average Bonchev–Trinajstić information content (AvgIpc) is 2.45. The molecule has 0 bridgehead atoms. The normalized spacial score (nSPS) is 11.2. The fraction of sp³-hybridized carbons (Fsp3) is 0.647. The molecule has 0 amide bonds. The summed E-state index contributed by atoms with van der Waals surface area (Å²) in [5, 5.41) is 6.68. The topological polar surface area (TPSA) is 49.3 Å². The summed E-state index contributed by atoms with van der Waals surface area (Å²) in [4.78, 5) is 8.99. The molecule has 0 aromatic carbocycles. The first-order valence-electron chi connectivity index (χ1n) is 8.06. The number of aromatic nitrogens is 1. The molecule has 0 spiro atoms. The van der Waals surface area contributed by atoms with E-state index in [4.69, 9.17) is 0 Å². The molecule has 4 nitrogen and oxygen atoms in total. The molecular weight excluding hydrogens is 387 g/mol. The van der Waals surface area contributed by atoms with Crippen LogP contribution in [-0.4, -0.2) is 24.0 Å². The minimum Gasteiger partial charge on any atom is -0.357 e. The standard InChI is InChI=1S/C17H30N4.HI/c1-5-18-17(20-11-7-6-9-14(2)3)21-13-16-15(4)10-8-12-19-16;/h8,10,12,14H,5-7,9,11,13H2,1-4H3,(H2,18,20,21);1H. The summed E-state index contributed by atoms with van der Waals surface area (Å²) in [6.45, 7) is 11.2. The summed E-state index contributed by atoms with van der Waals surface area (Å²) < 4.78 is 0. The molecule has 1 heterocycles. The summed E-state index contributed by atoms with van der Waals surface area (Å²) in [7, 11) is 0. The van der Waals surface area contributed by atoms with E-state index in [1.807, 2.05) is 12.3 Å². The predicted octanol–water partition coefficient (Wildman–Crippen LogP) is 3.89. The molecule has 0 saturated heterocycles. The number of nitrogens with zero attached hydrogens (tertiary/aromatic N) is 2. The van der Waals surface area contributed by atoms with E-state index in [9.17, 15) is 0 Å². The fourth-order valence-electron chi connectivity index (χ4n) is 2.06. The molecule has 0 aliphatic rings. The van der Waals surface area contributed by atoms with Gasteiger partial charge in [0.15, 0.2) is 5.96 Å². The van der Waals surface area contributed by atoms with Crippen molar-refractivity contribution in [1.29, 1.82) is 0 Å². The van der Waals surface area contributed by atoms with Crippen molar-refractivity contribution in [3.05, 3.63) is 29.6 Å². The molecule has 1 aromatic heterocycles. The molecule has 0 aliphatic heterocycles. The van der Waals surface area contributed by atoms with Crippen molar-refractivity contribution in [1.82, 2.24) is 15.6 Å². The Balaban J connectivity index is 0.00000441. The van der Waals surface area contributed by atoms with E-state index in [-0.39, 0.29) is 24.0 Å². The lowest BCUT2D eigenvalue weighted by atomic mass is 10.1. The number of aryl methyl sites for hydroxylation is 1. The first kappa shape index (κ1) is 21.1. The van der Waals surface area contributed by atoms with Gasteiger partial charge in [0.2, 0.25) is 0 Å². The van der Waals surface area contributed by atoms with Crippen molar-refractivity contribution in [3.63, 3.8) is 0 Å². The van der Waals surface area contributed by atoms with Gasteiger partial charge >= 0.3 is 0 Å². The molecule has 1 rings (SSSR count). The van der Waals surface area contributed by atoms with E-state index < -0.39 is 0 Å². The zero-order valence-corrected chi connectivity index (χ0v) is 16.7.